The monoisotopic (exact) mass is 510 g/mol. The van der Waals surface area contributed by atoms with Gasteiger partial charge in [0.15, 0.2) is 11.6 Å². The van der Waals surface area contributed by atoms with Gasteiger partial charge in [0.25, 0.3) is 11.9 Å². The second kappa shape index (κ2) is 9.84. The van der Waals surface area contributed by atoms with E-state index in [4.69, 9.17) is 0 Å². The molecule has 6 aromatic rings. The Labute approximate surface area is 221 Å². The minimum atomic E-state index is -0.503. The molecule has 10 nitrogen and oxygen atoms in total. The molecular formula is C29H18N8O2. The van der Waals surface area contributed by atoms with Gasteiger partial charge < -0.3 is 10.4 Å². The third-order valence-corrected chi connectivity index (χ3v) is 6.09. The Balaban J connectivity index is 1.42. The fourth-order valence-corrected chi connectivity index (χ4v) is 4.25. The van der Waals surface area contributed by atoms with Crippen LogP contribution in [-0.4, -0.2) is 30.8 Å². The molecule has 0 spiro atoms. The second-order valence-electron chi connectivity index (χ2n) is 8.51. The number of rotatable bonds is 5. The van der Waals surface area contributed by atoms with Crippen molar-refractivity contribution in [3.8, 4) is 17.8 Å². The highest BCUT2D eigenvalue weighted by atomic mass is 16.3. The number of fused-ring (bicyclic) bond motifs is 2. The molecule has 186 valence electrons. The van der Waals surface area contributed by atoms with Gasteiger partial charge in [0.05, 0.1) is 11.8 Å². The summed E-state index contributed by atoms with van der Waals surface area (Å²) in [6.07, 6.45) is 4.40. The average molecular weight is 511 g/mol. The number of hydrogen-bond acceptors (Lipinski definition) is 8. The molecule has 0 saturated heterocycles. The summed E-state index contributed by atoms with van der Waals surface area (Å²) in [4.78, 5) is 21.8. The molecule has 0 bridgehead atoms. The summed E-state index contributed by atoms with van der Waals surface area (Å²) in [5, 5.41) is 39.4. The predicted octanol–water partition coefficient (Wildman–Crippen LogP) is 6.21. The summed E-state index contributed by atoms with van der Waals surface area (Å²) in [6, 6.07) is 25.9. The van der Waals surface area contributed by atoms with Crippen molar-refractivity contribution < 1.29 is 9.90 Å². The zero-order chi connectivity index (χ0) is 26.8. The van der Waals surface area contributed by atoms with Crippen LogP contribution in [0.1, 0.15) is 15.9 Å². The molecule has 0 atom stereocenters. The van der Waals surface area contributed by atoms with Gasteiger partial charge in [-0.1, -0.05) is 54.6 Å². The first-order valence-corrected chi connectivity index (χ1v) is 11.8. The molecule has 0 fully saturated rings. The first-order valence-electron chi connectivity index (χ1n) is 11.8. The van der Waals surface area contributed by atoms with Gasteiger partial charge in [0.2, 0.25) is 0 Å². The Morgan fingerprint density at radius 3 is 2.44 bits per heavy atom. The number of aromatic nitrogens is 4. The van der Waals surface area contributed by atoms with Crippen molar-refractivity contribution in [2.24, 2.45) is 10.2 Å². The van der Waals surface area contributed by atoms with Crippen LogP contribution in [0.3, 0.4) is 0 Å². The second-order valence-corrected chi connectivity index (χ2v) is 8.51. The molecule has 1 amide bonds. The zero-order valence-corrected chi connectivity index (χ0v) is 20.2. The first kappa shape index (κ1) is 23.4. The lowest BCUT2D eigenvalue weighted by atomic mass is 10.0. The molecule has 6 rings (SSSR count). The van der Waals surface area contributed by atoms with Crippen molar-refractivity contribution in [3.05, 3.63) is 109 Å². The van der Waals surface area contributed by atoms with Gasteiger partial charge in [0, 0.05) is 18.1 Å². The third-order valence-electron chi connectivity index (χ3n) is 6.09. The predicted molar refractivity (Wildman–Crippen MR) is 146 cm³/mol. The molecule has 2 N–H and O–H groups in total. The summed E-state index contributed by atoms with van der Waals surface area (Å²) in [5.41, 5.74) is 0.819. The van der Waals surface area contributed by atoms with Gasteiger partial charge in [-0.05, 0) is 45.8 Å². The number of phenolic OH excluding ortho intramolecular Hbond substituents is 1. The molecule has 0 radical (unpaired) electrons. The maximum Gasteiger partial charge on any atom is 0.260 e. The van der Waals surface area contributed by atoms with Crippen LogP contribution in [0.5, 0.6) is 5.75 Å². The number of hydrogen-bond donors (Lipinski definition) is 2. The lowest BCUT2D eigenvalue weighted by Gasteiger charge is -2.12. The van der Waals surface area contributed by atoms with Crippen LogP contribution in [0.4, 0.5) is 17.2 Å². The summed E-state index contributed by atoms with van der Waals surface area (Å²) < 4.78 is 1.27. The lowest BCUT2D eigenvalue weighted by molar-refractivity contribution is 0.102. The van der Waals surface area contributed by atoms with Gasteiger partial charge >= 0.3 is 0 Å². The van der Waals surface area contributed by atoms with Gasteiger partial charge in [-0.3, -0.25) is 4.79 Å². The van der Waals surface area contributed by atoms with Crippen molar-refractivity contribution in [2.45, 2.75) is 0 Å². The van der Waals surface area contributed by atoms with Crippen LogP contribution in [0, 0.1) is 11.3 Å². The number of azo groups is 1. The van der Waals surface area contributed by atoms with E-state index < -0.39 is 5.91 Å². The van der Waals surface area contributed by atoms with E-state index in [9.17, 15) is 15.2 Å². The van der Waals surface area contributed by atoms with Crippen LogP contribution in [0.15, 0.2) is 108 Å². The van der Waals surface area contributed by atoms with E-state index in [1.54, 1.807) is 30.3 Å². The number of benzene rings is 4. The van der Waals surface area contributed by atoms with E-state index in [-0.39, 0.29) is 34.3 Å². The molecule has 4 aromatic carbocycles. The van der Waals surface area contributed by atoms with Crippen molar-refractivity contribution in [1.29, 1.82) is 5.26 Å². The zero-order valence-electron chi connectivity index (χ0n) is 20.2. The van der Waals surface area contributed by atoms with E-state index in [2.05, 4.69) is 30.6 Å². The maximum absolute atomic E-state index is 13.5. The Bertz CT molecular complexity index is 1940. The first-order chi connectivity index (χ1) is 19.1. The Morgan fingerprint density at radius 1 is 0.897 bits per heavy atom. The van der Waals surface area contributed by atoms with Crippen molar-refractivity contribution in [2.75, 3.05) is 5.32 Å². The van der Waals surface area contributed by atoms with Crippen LogP contribution >= 0.6 is 0 Å². The SMILES string of the molecule is N#Cc1cnn(-c2ncccn2)c1/N=N/c1cc2ccccc2c(C(=O)Nc2ccc3ccccc3c2)c1O. The molecule has 0 aliphatic heterocycles. The van der Waals surface area contributed by atoms with Crippen LogP contribution in [-0.2, 0) is 0 Å². The molecule has 39 heavy (non-hydrogen) atoms. The largest absolute Gasteiger partial charge is 0.505 e. The quantitative estimate of drug-likeness (QED) is 0.264. The van der Waals surface area contributed by atoms with E-state index in [1.807, 2.05) is 54.6 Å². The van der Waals surface area contributed by atoms with Gasteiger partial charge in [-0.25, -0.2) is 9.97 Å². The Hall–Kier alpha value is -5.95. The minimum Gasteiger partial charge on any atom is -0.505 e. The van der Waals surface area contributed by atoms with E-state index >= 15 is 0 Å². The number of anilines is 1. The molecule has 0 saturated carbocycles. The normalized spacial score (nSPS) is 11.2. The number of carbonyl (C=O) groups excluding carboxylic acids is 1. The molecule has 0 aliphatic carbocycles. The van der Waals surface area contributed by atoms with Gasteiger partial charge in [-0.2, -0.15) is 15.0 Å². The van der Waals surface area contributed by atoms with E-state index in [0.29, 0.717) is 16.5 Å². The summed E-state index contributed by atoms with van der Waals surface area (Å²) in [6.45, 7) is 0. The fraction of sp³-hybridized carbons (Fsp3) is 0. The Kier molecular flexibility index (Phi) is 5.91. The lowest BCUT2D eigenvalue weighted by Crippen LogP contribution is -2.12. The number of nitrogens with one attached hydrogen (secondary N) is 1. The van der Waals surface area contributed by atoms with Crippen molar-refractivity contribution in [3.63, 3.8) is 0 Å². The molecule has 2 heterocycles. The molecule has 2 aromatic heterocycles. The Morgan fingerprint density at radius 2 is 1.64 bits per heavy atom. The fourth-order valence-electron chi connectivity index (χ4n) is 4.25. The molecule has 10 heteroatoms. The standard InChI is InChI=1S/C29H18N8O2/c30-16-21-17-33-37(29-31-12-5-13-32-29)27(21)36-35-24-15-20-8-3-4-9-23(20)25(26(24)38)28(39)34-22-11-10-18-6-1-2-7-19(18)14-22/h1-15,17,38H,(H,34,39)/b36-35+. The number of nitriles is 1. The summed E-state index contributed by atoms with van der Waals surface area (Å²) in [5.74, 6) is -0.572. The number of nitrogens with zero attached hydrogens (tertiary/aromatic N) is 7. The average Bonchev–Trinajstić information content (AvgIpc) is 3.39. The summed E-state index contributed by atoms with van der Waals surface area (Å²) in [7, 11) is 0. The van der Waals surface area contributed by atoms with Crippen LogP contribution < -0.4 is 5.32 Å². The van der Waals surface area contributed by atoms with Gasteiger partial charge in [0.1, 0.15) is 17.3 Å². The van der Waals surface area contributed by atoms with Gasteiger partial charge in [-0.15, -0.1) is 10.2 Å². The minimum absolute atomic E-state index is 0.0444. The van der Waals surface area contributed by atoms with Crippen molar-refractivity contribution >= 4 is 44.6 Å². The number of aromatic hydroxyl groups is 1. The number of carbonyl (C=O) groups is 1. The van der Waals surface area contributed by atoms with Crippen LogP contribution in [0.25, 0.3) is 27.5 Å². The van der Waals surface area contributed by atoms with E-state index in [1.165, 1.54) is 23.3 Å². The number of amides is 1. The topological polar surface area (TPSA) is 141 Å². The van der Waals surface area contributed by atoms with E-state index in [0.717, 1.165) is 10.8 Å². The summed E-state index contributed by atoms with van der Waals surface area (Å²) >= 11 is 0. The highest BCUT2D eigenvalue weighted by Crippen LogP contribution is 2.38. The molecule has 0 unspecified atom stereocenters. The third kappa shape index (κ3) is 4.41. The smallest absolute Gasteiger partial charge is 0.260 e. The number of phenols is 1. The molecule has 0 aliphatic rings. The highest BCUT2D eigenvalue weighted by molar-refractivity contribution is 6.16. The van der Waals surface area contributed by atoms with Crippen molar-refractivity contribution in [1.82, 2.24) is 19.7 Å². The molecular weight excluding hydrogens is 492 g/mol. The maximum atomic E-state index is 13.5. The van der Waals surface area contributed by atoms with Crippen LogP contribution in [0.2, 0.25) is 0 Å². The highest BCUT2D eigenvalue weighted by Gasteiger charge is 2.20.